The molecule has 0 atom stereocenters. The van der Waals surface area contributed by atoms with Crippen LogP contribution in [0.5, 0.6) is 0 Å². The van der Waals surface area contributed by atoms with E-state index in [2.05, 4.69) is 21.8 Å². The van der Waals surface area contributed by atoms with E-state index in [9.17, 15) is 0 Å². The maximum Gasteiger partial charge on any atom is 0.0678 e. The summed E-state index contributed by atoms with van der Waals surface area (Å²) in [6.45, 7) is 5.17. The van der Waals surface area contributed by atoms with Crippen molar-refractivity contribution in [2.24, 2.45) is 15.2 Å². The van der Waals surface area contributed by atoms with Gasteiger partial charge < -0.3 is 0 Å². The molecule has 0 aliphatic rings. The Balaban J connectivity index is 3.46. The third kappa shape index (κ3) is 6.75. The number of nitrogens with zero attached hydrogens (tertiary/aromatic N) is 3. The van der Waals surface area contributed by atoms with Crippen LogP contribution >= 0.6 is 0 Å². The summed E-state index contributed by atoms with van der Waals surface area (Å²) in [7, 11) is 0. The predicted octanol–water partition coefficient (Wildman–Crippen LogP) is 1.28. The van der Waals surface area contributed by atoms with Crippen LogP contribution in [0.2, 0.25) is 0 Å². The summed E-state index contributed by atoms with van der Waals surface area (Å²) in [5.41, 5.74) is 0. The molecular formula is C6H9N3. The maximum absolute atomic E-state index is 3.66. The van der Waals surface area contributed by atoms with Gasteiger partial charge in [-0.05, 0) is 6.92 Å². The Morgan fingerprint density at radius 3 is 2.56 bits per heavy atom. The molecule has 0 rings (SSSR count). The summed E-state index contributed by atoms with van der Waals surface area (Å²) >= 11 is 0. The van der Waals surface area contributed by atoms with E-state index in [1.165, 1.54) is 18.6 Å². The highest BCUT2D eigenvalue weighted by Crippen LogP contribution is 1.65. The Labute approximate surface area is 54.5 Å². The Morgan fingerprint density at radius 1 is 1.22 bits per heavy atom. The minimum absolute atomic E-state index is 1.43. The summed E-state index contributed by atoms with van der Waals surface area (Å²) in [4.78, 5) is 3.66. The Kier molecular flexibility index (Phi) is 5.81. The maximum atomic E-state index is 3.66. The molecule has 0 fully saturated rings. The van der Waals surface area contributed by atoms with E-state index in [1.807, 2.05) is 0 Å². The highest BCUT2D eigenvalue weighted by molar-refractivity contribution is 6.16. The summed E-state index contributed by atoms with van der Waals surface area (Å²) in [6.07, 6.45) is 6.03. The topological polar surface area (TPSA) is 37.1 Å². The van der Waals surface area contributed by atoms with Crippen molar-refractivity contribution in [1.29, 1.82) is 0 Å². The molecule has 0 bridgehead atoms. The monoisotopic (exact) mass is 123 g/mol. The third-order valence-electron chi connectivity index (χ3n) is 0.507. The lowest BCUT2D eigenvalue weighted by molar-refractivity contribution is 1.27. The van der Waals surface area contributed by atoms with Crippen LogP contribution in [0.1, 0.15) is 6.92 Å². The van der Waals surface area contributed by atoms with Crippen LogP contribution in [-0.2, 0) is 0 Å². The molecule has 0 heterocycles. The quantitative estimate of drug-likeness (QED) is 0.400. The van der Waals surface area contributed by atoms with Crippen LogP contribution in [0.25, 0.3) is 0 Å². The van der Waals surface area contributed by atoms with Gasteiger partial charge in [-0.2, -0.15) is 10.2 Å². The van der Waals surface area contributed by atoms with Gasteiger partial charge in [-0.25, -0.2) is 0 Å². The van der Waals surface area contributed by atoms with Gasteiger partial charge in [-0.15, -0.1) is 0 Å². The molecule has 0 saturated heterocycles. The minimum atomic E-state index is 1.43. The van der Waals surface area contributed by atoms with Gasteiger partial charge in [0, 0.05) is 18.6 Å². The molecule has 9 heavy (non-hydrogen) atoms. The fourth-order valence-electron chi connectivity index (χ4n) is 0.234. The van der Waals surface area contributed by atoms with Gasteiger partial charge in [0.15, 0.2) is 0 Å². The lowest BCUT2D eigenvalue weighted by atomic mass is 10.8. The van der Waals surface area contributed by atoms with E-state index in [-0.39, 0.29) is 0 Å². The normalized spacial score (nSPS) is 12.1. The van der Waals surface area contributed by atoms with Crippen LogP contribution in [0.4, 0.5) is 0 Å². The fraction of sp³-hybridized carbons (Fsp3) is 0.167. The highest BCUT2D eigenvalue weighted by Gasteiger charge is 1.58. The van der Waals surface area contributed by atoms with Crippen molar-refractivity contribution in [2.45, 2.75) is 6.92 Å². The predicted molar refractivity (Wildman–Crippen MR) is 41.3 cm³/mol. The van der Waals surface area contributed by atoms with E-state index in [0.29, 0.717) is 0 Å². The highest BCUT2D eigenvalue weighted by atomic mass is 15.2. The summed E-state index contributed by atoms with van der Waals surface area (Å²) < 4.78 is 0. The molecule has 0 saturated carbocycles. The number of hydrogen-bond acceptors (Lipinski definition) is 3. The van der Waals surface area contributed by atoms with Crippen LogP contribution in [0.15, 0.2) is 28.0 Å². The molecule has 0 radical (unpaired) electrons. The first kappa shape index (κ1) is 7.75. The first-order chi connectivity index (χ1) is 4.41. The molecule has 0 amide bonds. The van der Waals surface area contributed by atoms with Crippen LogP contribution in [0.3, 0.4) is 0 Å². The first-order valence-corrected chi connectivity index (χ1v) is 2.55. The van der Waals surface area contributed by atoms with Crippen molar-refractivity contribution in [1.82, 2.24) is 0 Å². The molecule has 48 valence electrons. The second kappa shape index (κ2) is 6.75. The van der Waals surface area contributed by atoms with Crippen molar-refractivity contribution < 1.29 is 0 Å². The Hall–Kier alpha value is -1.25. The van der Waals surface area contributed by atoms with Gasteiger partial charge in [0.25, 0.3) is 0 Å². The lowest BCUT2D eigenvalue weighted by Crippen LogP contribution is -1.70. The summed E-state index contributed by atoms with van der Waals surface area (Å²) in [5.74, 6) is 0. The van der Waals surface area contributed by atoms with Gasteiger partial charge in [0.05, 0.1) is 6.21 Å². The molecule has 0 spiro atoms. The first-order valence-electron chi connectivity index (χ1n) is 2.55. The zero-order valence-corrected chi connectivity index (χ0v) is 5.36. The van der Waals surface area contributed by atoms with Crippen LogP contribution < -0.4 is 0 Å². The van der Waals surface area contributed by atoms with Crippen LogP contribution in [0, 0.1) is 0 Å². The third-order valence-corrected chi connectivity index (χ3v) is 0.507. The van der Waals surface area contributed by atoms with Gasteiger partial charge in [-0.1, -0.05) is 6.58 Å². The van der Waals surface area contributed by atoms with E-state index in [4.69, 9.17) is 0 Å². The Bertz CT molecular complexity index is 144. The van der Waals surface area contributed by atoms with Gasteiger partial charge in [0.1, 0.15) is 0 Å². The fourth-order valence-corrected chi connectivity index (χ4v) is 0.234. The minimum Gasteiger partial charge on any atom is -0.264 e. The zero-order chi connectivity index (χ0) is 6.95. The van der Waals surface area contributed by atoms with Crippen molar-refractivity contribution in [3.63, 3.8) is 0 Å². The molecule has 0 N–H and O–H groups in total. The zero-order valence-electron chi connectivity index (χ0n) is 5.36. The molecule has 0 aromatic carbocycles. The van der Waals surface area contributed by atoms with Crippen molar-refractivity contribution in [3.8, 4) is 0 Å². The molecule has 0 aromatic rings. The number of rotatable bonds is 3. The summed E-state index contributed by atoms with van der Waals surface area (Å²) in [5, 5.41) is 7.14. The molecule has 0 unspecified atom stereocenters. The standard InChI is InChI=1S/C6H9N3/c1-3-7-5-6-9-8-4-2/h3-6H,1H2,2H3/b7-5?,8-4-,9-6-. The lowest BCUT2D eigenvalue weighted by Gasteiger charge is -1.69. The largest absolute Gasteiger partial charge is 0.264 e. The molecule has 3 heteroatoms. The Morgan fingerprint density at radius 2 is 2.00 bits per heavy atom. The molecular weight excluding hydrogens is 114 g/mol. The average molecular weight is 123 g/mol. The molecule has 0 aliphatic heterocycles. The van der Waals surface area contributed by atoms with Crippen LogP contribution in [-0.4, -0.2) is 18.6 Å². The van der Waals surface area contributed by atoms with Crippen molar-refractivity contribution in [3.05, 3.63) is 12.8 Å². The molecule has 0 aromatic heterocycles. The van der Waals surface area contributed by atoms with Crippen molar-refractivity contribution in [2.75, 3.05) is 0 Å². The van der Waals surface area contributed by atoms with E-state index in [0.717, 1.165) is 0 Å². The van der Waals surface area contributed by atoms with E-state index >= 15 is 0 Å². The van der Waals surface area contributed by atoms with Crippen molar-refractivity contribution >= 4 is 18.6 Å². The second-order valence-electron chi connectivity index (χ2n) is 1.12. The SMILES string of the molecule is C=CN=C/C=N\N=C/C. The van der Waals surface area contributed by atoms with Gasteiger partial charge >= 0.3 is 0 Å². The van der Waals surface area contributed by atoms with E-state index < -0.39 is 0 Å². The summed E-state index contributed by atoms with van der Waals surface area (Å²) in [6, 6.07) is 0. The molecule has 0 aliphatic carbocycles. The average Bonchev–Trinajstić information content (AvgIpc) is 1.89. The van der Waals surface area contributed by atoms with E-state index in [1.54, 1.807) is 13.1 Å². The smallest absolute Gasteiger partial charge is 0.0678 e. The number of hydrogen-bond donors (Lipinski definition) is 0. The molecule has 3 nitrogen and oxygen atoms in total. The second-order valence-corrected chi connectivity index (χ2v) is 1.12. The van der Waals surface area contributed by atoms with Gasteiger partial charge in [0.2, 0.25) is 0 Å². The van der Waals surface area contributed by atoms with Gasteiger partial charge in [-0.3, -0.25) is 4.99 Å². The number of aliphatic imine (C=N–C) groups is 1.